The van der Waals surface area contributed by atoms with Crippen LogP contribution in [0, 0.1) is 25.2 Å². The van der Waals surface area contributed by atoms with Gasteiger partial charge in [0.25, 0.3) is 0 Å². The van der Waals surface area contributed by atoms with Crippen LogP contribution in [0.3, 0.4) is 0 Å². The monoisotopic (exact) mass is 385 g/mol. The van der Waals surface area contributed by atoms with Crippen LogP contribution in [0.5, 0.6) is 0 Å². The Labute approximate surface area is 170 Å². The van der Waals surface area contributed by atoms with Crippen LogP contribution in [0.2, 0.25) is 0 Å². The normalized spacial score (nSPS) is 10.4. The van der Waals surface area contributed by atoms with E-state index < -0.39 is 0 Å². The molecule has 0 aliphatic carbocycles. The Balaban J connectivity index is 1.75. The molecule has 0 saturated carbocycles. The molecule has 0 saturated heterocycles. The van der Waals surface area contributed by atoms with E-state index in [0.29, 0.717) is 35.9 Å². The lowest BCUT2D eigenvalue weighted by Crippen LogP contribution is -2.14. The van der Waals surface area contributed by atoms with Crippen molar-refractivity contribution in [2.45, 2.75) is 26.9 Å². The number of nitrogens with zero attached hydrogens (tertiary/aromatic N) is 5. The van der Waals surface area contributed by atoms with E-state index in [-0.39, 0.29) is 0 Å². The number of nitrogens with two attached hydrogens (primary N) is 1. The minimum Gasteiger partial charge on any atom is -0.384 e. The smallest absolute Gasteiger partial charge is 0.171 e. The van der Waals surface area contributed by atoms with Crippen LogP contribution >= 0.6 is 0 Å². The number of hydrogen-bond donors (Lipinski definition) is 2. The Morgan fingerprint density at radius 3 is 2.66 bits per heavy atom. The van der Waals surface area contributed by atoms with Crippen molar-refractivity contribution in [3.63, 3.8) is 0 Å². The summed E-state index contributed by atoms with van der Waals surface area (Å²) in [5, 5.41) is 17.1. The summed E-state index contributed by atoms with van der Waals surface area (Å²) in [5.41, 5.74) is 12.3. The summed E-state index contributed by atoms with van der Waals surface area (Å²) < 4.78 is 1.73. The second kappa shape index (κ2) is 8.40. The average Bonchev–Trinajstić information content (AvgIpc) is 3.10. The standard InChI is InChI=1S/C22H23N7/c1-14-9-22(24)27-16(3)19(14)11-26-15(2)20-13-29(28-21(20)10-23)12-17-5-7-18(25-4)8-6-17/h5-9,13,26H,2,4,11-12H2,1,3H3,(H2,24,27). The highest BCUT2D eigenvalue weighted by molar-refractivity contribution is 5.65. The number of nitrogen functional groups attached to an aromatic ring is 1. The lowest BCUT2D eigenvalue weighted by molar-refractivity contribution is 0.683. The van der Waals surface area contributed by atoms with E-state index in [1.807, 2.05) is 50.4 Å². The van der Waals surface area contributed by atoms with Crippen molar-refractivity contribution in [2.75, 3.05) is 5.73 Å². The number of nitriles is 1. The van der Waals surface area contributed by atoms with Gasteiger partial charge in [-0.2, -0.15) is 10.4 Å². The lowest BCUT2D eigenvalue weighted by atomic mass is 10.1. The maximum Gasteiger partial charge on any atom is 0.171 e. The van der Waals surface area contributed by atoms with Gasteiger partial charge in [0.05, 0.1) is 17.8 Å². The molecule has 3 N–H and O–H groups in total. The van der Waals surface area contributed by atoms with Gasteiger partial charge < -0.3 is 11.1 Å². The minimum atomic E-state index is 0.329. The summed E-state index contributed by atoms with van der Waals surface area (Å²) in [7, 11) is 0. The number of aryl methyl sites for hydroxylation is 2. The Hall–Kier alpha value is -3.92. The molecule has 0 unspecified atom stereocenters. The second-order valence-corrected chi connectivity index (χ2v) is 6.79. The molecule has 0 bridgehead atoms. The molecule has 0 atom stereocenters. The van der Waals surface area contributed by atoms with Gasteiger partial charge in [0.15, 0.2) is 5.69 Å². The summed E-state index contributed by atoms with van der Waals surface area (Å²) in [6.07, 6.45) is 1.83. The molecule has 146 valence electrons. The van der Waals surface area contributed by atoms with Crippen LogP contribution in [-0.4, -0.2) is 21.5 Å². The molecule has 0 radical (unpaired) electrons. The van der Waals surface area contributed by atoms with Crippen LogP contribution in [-0.2, 0) is 13.1 Å². The summed E-state index contributed by atoms with van der Waals surface area (Å²) >= 11 is 0. The molecule has 0 aliphatic heterocycles. The highest BCUT2D eigenvalue weighted by Crippen LogP contribution is 2.19. The Bertz CT molecular complexity index is 1080. The van der Waals surface area contributed by atoms with Crippen molar-refractivity contribution in [1.29, 1.82) is 5.26 Å². The zero-order valence-corrected chi connectivity index (χ0v) is 16.6. The number of aliphatic imine (C=N–C) groups is 1. The molecule has 0 amide bonds. The Kier molecular flexibility index (Phi) is 5.74. The van der Waals surface area contributed by atoms with Crippen LogP contribution in [0.4, 0.5) is 11.5 Å². The van der Waals surface area contributed by atoms with Crippen molar-refractivity contribution in [1.82, 2.24) is 20.1 Å². The van der Waals surface area contributed by atoms with E-state index in [2.05, 4.69) is 39.8 Å². The largest absolute Gasteiger partial charge is 0.384 e. The summed E-state index contributed by atoms with van der Waals surface area (Å²) in [6.45, 7) is 12.6. The predicted octanol–water partition coefficient (Wildman–Crippen LogP) is 3.49. The first kappa shape index (κ1) is 19.8. The molecular weight excluding hydrogens is 362 g/mol. The number of benzene rings is 1. The van der Waals surface area contributed by atoms with Crippen LogP contribution in [0.25, 0.3) is 5.70 Å². The fraction of sp³-hybridized carbons (Fsp3) is 0.182. The highest BCUT2D eigenvalue weighted by atomic mass is 15.3. The van der Waals surface area contributed by atoms with Gasteiger partial charge in [-0.25, -0.2) is 4.98 Å². The molecule has 2 aromatic heterocycles. The summed E-state index contributed by atoms with van der Waals surface area (Å²) in [4.78, 5) is 8.20. The first-order valence-electron chi connectivity index (χ1n) is 9.10. The average molecular weight is 385 g/mol. The molecule has 3 aromatic rings. The van der Waals surface area contributed by atoms with Gasteiger partial charge in [-0.15, -0.1) is 0 Å². The third-order valence-electron chi connectivity index (χ3n) is 4.71. The van der Waals surface area contributed by atoms with Crippen LogP contribution in [0.1, 0.15) is 33.6 Å². The van der Waals surface area contributed by atoms with E-state index in [9.17, 15) is 5.26 Å². The topological polar surface area (TPSA) is 105 Å². The van der Waals surface area contributed by atoms with E-state index in [4.69, 9.17) is 5.73 Å². The third-order valence-corrected chi connectivity index (χ3v) is 4.71. The van der Waals surface area contributed by atoms with Crippen molar-refractivity contribution in [2.24, 2.45) is 4.99 Å². The number of nitrogens with one attached hydrogen (secondary N) is 1. The molecule has 2 heterocycles. The molecule has 0 aliphatic rings. The first-order valence-corrected chi connectivity index (χ1v) is 9.10. The maximum atomic E-state index is 9.48. The number of aromatic nitrogens is 3. The molecule has 7 nitrogen and oxygen atoms in total. The first-order chi connectivity index (χ1) is 13.9. The Morgan fingerprint density at radius 1 is 1.31 bits per heavy atom. The SMILES string of the molecule is C=Nc1ccc(Cn2cc(C(=C)NCc3c(C)cc(N)nc3C)c(C#N)n2)cc1. The predicted molar refractivity (Wildman–Crippen MR) is 116 cm³/mol. The fourth-order valence-corrected chi connectivity index (χ4v) is 3.14. The second-order valence-electron chi connectivity index (χ2n) is 6.79. The molecule has 7 heteroatoms. The van der Waals surface area contributed by atoms with Gasteiger partial charge in [0.2, 0.25) is 0 Å². The molecule has 0 spiro atoms. The molecule has 3 rings (SSSR count). The van der Waals surface area contributed by atoms with Crippen molar-refractivity contribution < 1.29 is 0 Å². The molecule has 0 fully saturated rings. The van der Waals surface area contributed by atoms with E-state index in [1.54, 1.807) is 4.68 Å². The number of rotatable bonds is 7. The highest BCUT2D eigenvalue weighted by Gasteiger charge is 2.13. The fourth-order valence-electron chi connectivity index (χ4n) is 3.14. The molecular formula is C22H23N7. The number of anilines is 1. The van der Waals surface area contributed by atoms with Gasteiger partial charge in [-0.05, 0) is 55.5 Å². The summed E-state index contributed by atoms with van der Waals surface area (Å²) in [5.74, 6) is 0.507. The van der Waals surface area contributed by atoms with Crippen LogP contribution in [0.15, 0.2) is 48.1 Å². The Morgan fingerprint density at radius 2 is 2.03 bits per heavy atom. The quantitative estimate of drug-likeness (QED) is 0.606. The van der Waals surface area contributed by atoms with E-state index >= 15 is 0 Å². The van der Waals surface area contributed by atoms with Gasteiger partial charge in [-0.1, -0.05) is 18.7 Å². The summed E-state index contributed by atoms with van der Waals surface area (Å²) in [6, 6.07) is 11.7. The minimum absolute atomic E-state index is 0.329. The van der Waals surface area contributed by atoms with E-state index in [0.717, 1.165) is 28.1 Å². The molecule has 29 heavy (non-hydrogen) atoms. The third kappa shape index (κ3) is 4.50. The van der Waals surface area contributed by atoms with Gasteiger partial charge >= 0.3 is 0 Å². The number of hydrogen-bond acceptors (Lipinski definition) is 6. The van der Waals surface area contributed by atoms with Crippen molar-refractivity contribution in [3.8, 4) is 6.07 Å². The van der Waals surface area contributed by atoms with Gasteiger partial charge in [-0.3, -0.25) is 9.67 Å². The zero-order chi connectivity index (χ0) is 21.0. The lowest BCUT2D eigenvalue weighted by Gasteiger charge is -2.13. The van der Waals surface area contributed by atoms with Crippen LogP contribution < -0.4 is 11.1 Å². The van der Waals surface area contributed by atoms with Crippen molar-refractivity contribution in [3.05, 3.63) is 76.7 Å². The number of pyridine rings is 1. The van der Waals surface area contributed by atoms with Gasteiger partial charge in [0.1, 0.15) is 11.9 Å². The van der Waals surface area contributed by atoms with Gasteiger partial charge in [0, 0.05) is 24.1 Å². The zero-order valence-electron chi connectivity index (χ0n) is 16.6. The van der Waals surface area contributed by atoms with E-state index in [1.165, 1.54) is 0 Å². The molecule has 1 aromatic carbocycles. The maximum absolute atomic E-state index is 9.48. The van der Waals surface area contributed by atoms with Crippen molar-refractivity contribution >= 4 is 23.9 Å².